The van der Waals surface area contributed by atoms with Crippen LogP contribution in [0.2, 0.25) is 18.0 Å². The van der Waals surface area contributed by atoms with Gasteiger partial charge in [0.2, 0.25) is 0 Å². The first kappa shape index (κ1) is 14.8. The van der Waals surface area contributed by atoms with Crippen LogP contribution in [-0.4, -0.2) is 6.71 Å². The summed E-state index contributed by atoms with van der Waals surface area (Å²) in [4.78, 5) is 0. The summed E-state index contributed by atoms with van der Waals surface area (Å²) in [5.74, 6) is 3.22. The standard InChI is InChI=1S/C14H29B/c1-8-9-10-15(13(6)11(2)3)14(7)12(4)5/h8-9,11-14H,10H2,1-7H3/b9-8+. The third-order valence-electron chi connectivity index (χ3n) is 4.10. The molecule has 0 amide bonds. The lowest BCUT2D eigenvalue weighted by atomic mass is 9.30. The summed E-state index contributed by atoms with van der Waals surface area (Å²) < 4.78 is 0. The van der Waals surface area contributed by atoms with Gasteiger partial charge in [-0.1, -0.05) is 83.5 Å². The zero-order valence-electron chi connectivity index (χ0n) is 11.7. The summed E-state index contributed by atoms with van der Waals surface area (Å²) in [5, 5.41) is 0. The fraction of sp³-hybridized carbons (Fsp3) is 0.857. The van der Waals surface area contributed by atoms with Crippen LogP contribution in [0.1, 0.15) is 48.5 Å². The summed E-state index contributed by atoms with van der Waals surface area (Å²) in [6, 6.07) is 0. The van der Waals surface area contributed by atoms with Gasteiger partial charge in [0.05, 0.1) is 0 Å². The quantitative estimate of drug-likeness (QED) is 0.418. The van der Waals surface area contributed by atoms with Crippen molar-refractivity contribution in [2.45, 2.75) is 66.4 Å². The van der Waals surface area contributed by atoms with Gasteiger partial charge in [-0.05, 0) is 6.92 Å². The smallest absolute Gasteiger partial charge is 0.0960 e. The molecule has 2 atom stereocenters. The fourth-order valence-electron chi connectivity index (χ4n) is 2.19. The van der Waals surface area contributed by atoms with Gasteiger partial charge >= 0.3 is 0 Å². The lowest BCUT2D eigenvalue weighted by Gasteiger charge is -2.31. The minimum Gasteiger partial charge on any atom is -0.0960 e. The molecule has 0 aromatic heterocycles. The van der Waals surface area contributed by atoms with Gasteiger partial charge in [0, 0.05) is 0 Å². The molecular weight excluding hydrogens is 179 g/mol. The predicted octanol–water partition coefficient (Wildman–Crippen LogP) is 5.15. The van der Waals surface area contributed by atoms with Gasteiger partial charge in [0.1, 0.15) is 6.71 Å². The second-order valence-corrected chi connectivity index (χ2v) is 5.67. The first-order valence-corrected chi connectivity index (χ1v) is 6.52. The third kappa shape index (κ3) is 4.90. The Bertz CT molecular complexity index is 168. The summed E-state index contributed by atoms with van der Waals surface area (Å²) in [7, 11) is 0. The molecule has 0 nitrogen and oxygen atoms in total. The Labute approximate surface area is 97.6 Å². The van der Waals surface area contributed by atoms with Crippen LogP contribution in [0.25, 0.3) is 0 Å². The van der Waals surface area contributed by atoms with E-state index < -0.39 is 0 Å². The molecule has 1 heteroatoms. The Morgan fingerprint density at radius 2 is 1.27 bits per heavy atom. The monoisotopic (exact) mass is 208 g/mol. The molecule has 15 heavy (non-hydrogen) atoms. The second kappa shape index (κ2) is 7.14. The van der Waals surface area contributed by atoms with Crippen molar-refractivity contribution in [1.82, 2.24) is 0 Å². The van der Waals surface area contributed by atoms with Crippen LogP contribution in [0.3, 0.4) is 0 Å². The van der Waals surface area contributed by atoms with Crippen molar-refractivity contribution in [2.75, 3.05) is 0 Å². The number of hydrogen-bond donors (Lipinski definition) is 0. The van der Waals surface area contributed by atoms with Gasteiger partial charge in [-0.2, -0.15) is 0 Å². The van der Waals surface area contributed by atoms with Gasteiger partial charge in [-0.3, -0.25) is 0 Å². The van der Waals surface area contributed by atoms with Crippen molar-refractivity contribution < 1.29 is 0 Å². The van der Waals surface area contributed by atoms with E-state index in [-0.39, 0.29) is 0 Å². The van der Waals surface area contributed by atoms with Crippen molar-refractivity contribution in [3.8, 4) is 0 Å². The highest BCUT2D eigenvalue weighted by molar-refractivity contribution is 6.62. The average Bonchev–Trinajstić information content (AvgIpc) is 2.17. The molecule has 0 saturated carbocycles. The normalized spacial score (nSPS) is 16.3. The number of hydrogen-bond acceptors (Lipinski definition) is 0. The average molecular weight is 208 g/mol. The maximum absolute atomic E-state index is 2.41. The van der Waals surface area contributed by atoms with E-state index in [0.717, 1.165) is 30.2 Å². The zero-order chi connectivity index (χ0) is 12.0. The molecule has 0 N–H and O–H groups in total. The minimum atomic E-state index is 0.793. The van der Waals surface area contributed by atoms with Gasteiger partial charge in [-0.15, -0.1) is 0 Å². The van der Waals surface area contributed by atoms with E-state index in [0.29, 0.717) is 0 Å². The molecule has 0 fully saturated rings. The molecule has 0 rings (SSSR count). The maximum Gasteiger partial charge on any atom is 0.150 e. The van der Waals surface area contributed by atoms with E-state index in [1.807, 2.05) is 0 Å². The topological polar surface area (TPSA) is 0 Å². The Hall–Kier alpha value is -0.195. The molecule has 0 heterocycles. The number of rotatable bonds is 6. The Morgan fingerprint density at radius 3 is 1.53 bits per heavy atom. The molecule has 0 radical (unpaired) electrons. The molecular formula is C14H29B. The molecule has 2 unspecified atom stereocenters. The lowest BCUT2D eigenvalue weighted by Crippen LogP contribution is -2.29. The van der Waals surface area contributed by atoms with E-state index in [1.165, 1.54) is 6.32 Å². The zero-order valence-corrected chi connectivity index (χ0v) is 11.7. The summed E-state index contributed by atoms with van der Waals surface area (Å²) in [6.07, 6.45) is 5.77. The molecule has 0 bridgehead atoms. The van der Waals surface area contributed by atoms with Crippen LogP contribution in [0.15, 0.2) is 12.2 Å². The molecule has 0 aliphatic rings. The fourth-order valence-corrected chi connectivity index (χ4v) is 2.19. The molecule has 0 aromatic carbocycles. The van der Waals surface area contributed by atoms with E-state index >= 15 is 0 Å². The molecule has 0 aliphatic heterocycles. The summed E-state index contributed by atoms with van der Waals surface area (Å²) in [6.45, 7) is 17.2. The van der Waals surface area contributed by atoms with E-state index in [4.69, 9.17) is 0 Å². The van der Waals surface area contributed by atoms with Gasteiger partial charge in [0.25, 0.3) is 0 Å². The first-order chi connectivity index (χ1) is 6.91. The lowest BCUT2D eigenvalue weighted by molar-refractivity contribution is 0.561. The largest absolute Gasteiger partial charge is 0.150 e. The van der Waals surface area contributed by atoms with Crippen molar-refractivity contribution in [2.24, 2.45) is 11.8 Å². The highest BCUT2D eigenvalue weighted by Crippen LogP contribution is 2.34. The number of allylic oxidation sites excluding steroid dienone is 2. The van der Waals surface area contributed by atoms with E-state index in [9.17, 15) is 0 Å². The molecule has 0 aliphatic carbocycles. The highest BCUT2D eigenvalue weighted by Gasteiger charge is 2.29. The van der Waals surface area contributed by atoms with E-state index in [1.54, 1.807) is 0 Å². The van der Waals surface area contributed by atoms with Crippen molar-refractivity contribution in [1.29, 1.82) is 0 Å². The van der Waals surface area contributed by atoms with Crippen LogP contribution < -0.4 is 0 Å². The van der Waals surface area contributed by atoms with Crippen LogP contribution in [0, 0.1) is 11.8 Å². The Morgan fingerprint density at radius 1 is 0.867 bits per heavy atom. The predicted molar refractivity (Wildman–Crippen MR) is 73.9 cm³/mol. The van der Waals surface area contributed by atoms with Crippen LogP contribution in [0.4, 0.5) is 0 Å². The van der Waals surface area contributed by atoms with Crippen LogP contribution in [0.5, 0.6) is 0 Å². The van der Waals surface area contributed by atoms with Crippen LogP contribution >= 0.6 is 0 Å². The third-order valence-corrected chi connectivity index (χ3v) is 4.10. The maximum atomic E-state index is 2.41. The van der Waals surface area contributed by atoms with Crippen molar-refractivity contribution in [3.63, 3.8) is 0 Å². The van der Waals surface area contributed by atoms with Gasteiger partial charge in [0.15, 0.2) is 0 Å². The highest BCUT2D eigenvalue weighted by atomic mass is 14.1. The van der Waals surface area contributed by atoms with E-state index in [2.05, 4.69) is 60.6 Å². The second-order valence-electron chi connectivity index (χ2n) is 5.67. The van der Waals surface area contributed by atoms with Crippen molar-refractivity contribution in [3.05, 3.63) is 12.2 Å². The molecule has 0 saturated heterocycles. The Balaban J connectivity index is 4.56. The van der Waals surface area contributed by atoms with Gasteiger partial charge in [-0.25, -0.2) is 0 Å². The summed E-state index contributed by atoms with van der Waals surface area (Å²) in [5.41, 5.74) is 0. The molecule has 88 valence electrons. The van der Waals surface area contributed by atoms with Crippen molar-refractivity contribution >= 4 is 6.71 Å². The molecule has 0 aromatic rings. The first-order valence-electron chi connectivity index (χ1n) is 6.52. The van der Waals surface area contributed by atoms with Gasteiger partial charge < -0.3 is 0 Å². The summed E-state index contributed by atoms with van der Waals surface area (Å²) >= 11 is 0. The Kier molecular flexibility index (Phi) is 7.05. The molecule has 0 spiro atoms. The van der Waals surface area contributed by atoms with Crippen LogP contribution in [-0.2, 0) is 0 Å². The minimum absolute atomic E-state index is 0.793. The SMILES string of the molecule is C/C=C/CB(C(C)C(C)C)C(C)C(C)C.